The summed E-state index contributed by atoms with van der Waals surface area (Å²) in [6.45, 7) is 4.17. The van der Waals surface area contributed by atoms with Crippen LogP contribution in [0.25, 0.3) is 16.9 Å². The van der Waals surface area contributed by atoms with E-state index in [-0.39, 0.29) is 0 Å². The molecule has 2 heterocycles. The summed E-state index contributed by atoms with van der Waals surface area (Å²) in [7, 11) is 3.25. The van der Waals surface area contributed by atoms with E-state index in [1.807, 2.05) is 40.9 Å². The van der Waals surface area contributed by atoms with Crippen molar-refractivity contribution in [2.75, 3.05) is 19.5 Å². The highest BCUT2D eigenvalue weighted by Crippen LogP contribution is 2.37. The molecule has 29 heavy (non-hydrogen) atoms. The molecular weight excluding hydrogens is 386 g/mol. The number of halogens is 1. The molecular formula is C23H22ClN3O2. The van der Waals surface area contributed by atoms with E-state index in [4.69, 9.17) is 26.1 Å². The predicted octanol–water partition coefficient (Wildman–Crippen LogP) is 6.03. The summed E-state index contributed by atoms with van der Waals surface area (Å²) in [5.74, 6) is 2.16. The number of anilines is 2. The van der Waals surface area contributed by atoms with E-state index in [9.17, 15) is 0 Å². The van der Waals surface area contributed by atoms with Crippen molar-refractivity contribution in [1.29, 1.82) is 0 Å². The van der Waals surface area contributed by atoms with Gasteiger partial charge in [0.2, 0.25) is 0 Å². The number of benzene rings is 2. The van der Waals surface area contributed by atoms with Crippen LogP contribution in [0.2, 0.25) is 5.02 Å². The first-order chi connectivity index (χ1) is 14.0. The molecule has 4 aromatic rings. The van der Waals surface area contributed by atoms with Crippen LogP contribution in [-0.4, -0.2) is 23.6 Å². The van der Waals surface area contributed by atoms with Gasteiger partial charge >= 0.3 is 0 Å². The van der Waals surface area contributed by atoms with Crippen molar-refractivity contribution in [2.24, 2.45) is 0 Å². The number of imidazole rings is 1. The number of pyridine rings is 1. The van der Waals surface area contributed by atoms with Gasteiger partial charge < -0.3 is 14.8 Å². The lowest BCUT2D eigenvalue weighted by Gasteiger charge is -2.15. The Hall–Kier alpha value is -3.18. The molecule has 0 spiro atoms. The SMILES string of the molecule is COc1ccc(-c2nc3ccc(Cl)cn3c2Nc2c(C)cccc2C)cc1OC. The Kier molecular flexibility index (Phi) is 5.07. The molecule has 0 radical (unpaired) electrons. The largest absolute Gasteiger partial charge is 0.493 e. The number of aryl methyl sites for hydroxylation is 2. The zero-order chi connectivity index (χ0) is 20.5. The highest BCUT2D eigenvalue weighted by Gasteiger charge is 2.18. The summed E-state index contributed by atoms with van der Waals surface area (Å²) in [5, 5.41) is 4.23. The lowest BCUT2D eigenvalue weighted by Crippen LogP contribution is -2.01. The molecule has 0 fully saturated rings. The minimum Gasteiger partial charge on any atom is -0.493 e. The minimum atomic E-state index is 0.637. The van der Waals surface area contributed by atoms with Gasteiger partial charge in [-0.1, -0.05) is 29.8 Å². The van der Waals surface area contributed by atoms with Crippen molar-refractivity contribution in [1.82, 2.24) is 9.38 Å². The van der Waals surface area contributed by atoms with Gasteiger partial charge in [-0.25, -0.2) is 4.98 Å². The molecule has 0 saturated heterocycles. The molecule has 5 nitrogen and oxygen atoms in total. The van der Waals surface area contributed by atoms with Crippen LogP contribution in [0.5, 0.6) is 11.5 Å². The highest BCUT2D eigenvalue weighted by molar-refractivity contribution is 6.30. The zero-order valence-corrected chi connectivity index (χ0v) is 17.5. The van der Waals surface area contributed by atoms with E-state index in [0.717, 1.165) is 39.5 Å². The summed E-state index contributed by atoms with van der Waals surface area (Å²) in [6.07, 6.45) is 1.87. The number of methoxy groups -OCH3 is 2. The molecule has 2 aromatic carbocycles. The molecule has 0 unspecified atom stereocenters. The molecule has 0 amide bonds. The van der Waals surface area contributed by atoms with Gasteiger partial charge in [0.25, 0.3) is 0 Å². The Balaban J connectivity index is 1.94. The number of fused-ring (bicyclic) bond motifs is 1. The zero-order valence-electron chi connectivity index (χ0n) is 16.8. The number of nitrogens with zero attached hydrogens (tertiary/aromatic N) is 2. The maximum absolute atomic E-state index is 6.29. The Morgan fingerprint density at radius 1 is 0.931 bits per heavy atom. The van der Waals surface area contributed by atoms with E-state index in [1.165, 1.54) is 0 Å². The molecule has 0 bridgehead atoms. The Labute approximate surface area is 174 Å². The Morgan fingerprint density at radius 3 is 2.34 bits per heavy atom. The second-order valence-electron chi connectivity index (χ2n) is 6.85. The van der Waals surface area contributed by atoms with Crippen LogP contribution in [0.1, 0.15) is 11.1 Å². The van der Waals surface area contributed by atoms with Gasteiger partial charge in [-0.15, -0.1) is 0 Å². The van der Waals surface area contributed by atoms with Crippen LogP contribution in [0.15, 0.2) is 54.7 Å². The molecule has 0 saturated carbocycles. The van der Waals surface area contributed by atoms with E-state index >= 15 is 0 Å². The van der Waals surface area contributed by atoms with Crippen LogP contribution >= 0.6 is 11.6 Å². The molecule has 6 heteroatoms. The summed E-state index contributed by atoms with van der Waals surface area (Å²) < 4.78 is 12.8. The average molecular weight is 408 g/mol. The molecule has 1 N–H and O–H groups in total. The van der Waals surface area contributed by atoms with Gasteiger partial charge in [-0.3, -0.25) is 4.40 Å². The van der Waals surface area contributed by atoms with Gasteiger partial charge in [0, 0.05) is 17.4 Å². The maximum Gasteiger partial charge on any atom is 0.161 e. The quantitative estimate of drug-likeness (QED) is 0.438. The van der Waals surface area contributed by atoms with Crippen molar-refractivity contribution < 1.29 is 9.47 Å². The van der Waals surface area contributed by atoms with Crippen LogP contribution in [0.4, 0.5) is 11.5 Å². The fraction of sp³-hybridized carbons (Fsp3) is 0.174. The molecule has 148 valence electrons. The second kappa shape index (κ2) is 7.68. The van der Waals surface area contributed by atoms with Gasteiger partial charge in [0.05, 0.1) is 19.2 Å². The number of hydrogen-bond donors (Lipinski definition) is 1. The number of nitrogens with one attached hydrogen (secondary N) is 1. The van der Waals surface area contributed by atoms with Crippen molar-refractivity contribution in [3.8, 4) is 22.8 Å². The maximum atomic E-state index is 6.29. The van der Waals surface area contributed by atoms with Crippen LogP contribution in [0.3, 0.4) is 0 Å². The predicted molar refractivity (Wildman–Crippen MR) is 118 cm³/mol. The fourth-order valence-corrected chi connectivity index (χ4v) is 3.61. The first-order valence-electron chi connectivity index (χ1n) is 9.25. The normalized spacial score (nSPS) is 10.9. The lowest BCUT2D eigenvalue weighted by molar-refractivity contribution is 0.355. The molecule has 2 aromatic heterocycles. The fourth-order valence-electron chi connectivity index (χ4n) is 3.45. The monoisotopic (exact) mass is 407 g/mol. The smallest absolute Gasteiger partial charge is 0.161 e. The van der Waals surface area contributed by atoms with Gasteiger partial charge in [0.15, 0.2) is 11.5 Å². The summed E-state index contributed by atoms with van der Waals surface area (Å²) in [4.78, 5) is 4.86. The van der Waals surface area contributed by atoms with Crippen molar-refractivity contribution in [2.45, 2.75) is 13.8 Å². The van der Waals surface area contributed by atoms with Crippen molar-refractivity contribution in [3.05, 3.63) is 70.9 Å². The van der Waals surface area contributed by atoms with E-state index in [2.05, 4.69) is 37.4 Å². The molecule has 4 rings (SSSR count). The number of hydrogen-bond acceptors (Lipinski definition) is 4. The number of ether oxygens (including phenoxy) is 2. The van der Waals surface area contributed by atoms with E-state index < -0.39 is 0 Å². The first kappa shape index (κ1) is 19.2. The summed E-state index contributed by atoms with van der Waals surface area (Å²) in [5.41, 5.74) is 5.87. The summed E-state index contributed by atoms with van der Waals surface area (Å²) >= 11 is 6.29. The third kappa shape index (κ3) is 3.49. The molecule has 0 atom stereocenters. The third-order valence-corrected chi connectivity index (χ3v) is 5.19. The standard InChI is InChI=1S/C23H22ClN3O2/c1-14-6-5-7-15(2)21(14)26-23-22(25-20-11-9-17(24)13-27(20)23)16-8-10-18(28-3)19(12-16)29-4/h5-13,26H,1-4H3. The van der Waals surface area contributed by atoms with Gasteiger partial charge in [0.1, 0.15) is 17.2 Å². The third-order valence-electron chi connectivity index (χ3n) is 4.96. The van der Waals surface area contributed by atoms with Gasteiger partial charge in [-0.05, 0) is 55.3 Å². The number of aromatic nitrogens is 2. The van der Waals surface area contributed by atoms with Crippen LogP contribution < -0.4 is 14.8 Å². The first-order valence-corrected chi connectivity index (χ1v) is 9.63. The van der Waals surface area contributed by atoms with Crippen LogP contribution in [0, 0.1) is 13.8 Å². The average Bonchev–Trinajstić information content (AvgIpc) is 3.07. The lowest BCUT2D eigenvalue weighted by atomic mass is 10.1. The molecule has 0 aliphatic carbocycles. The van der Waals surface area contributed by atoms with E-state index in [0.29, 0.717) is 16.5 Å². The minimum absolute atomic E-state index is 0.637. The number of rotatable bonds is 5. The van der Waals surface area contributed by atoms with Crippen LogP contribution in [-0.2, 0) is 0 Å². The molecule has 0 aliphatic rings. The Bertz CT molecular complexity index is 1180. The van der Waals surface area contributed by atoms with Gasteiger partial charge in [-0.2, -0.15) is 0 Å². The van der Waals surface area contributed by atoms with E-state index in [1.54, 1.807) is 14.2 Å². The topological polar surface area (TPSA) is 47.8 Å². The Morgan fingerprint density at radius 2 is 1.66 bits per heavy atom. The summed E-state index contributed by atoms with van der Waals surface area (Å²) in [6, 6.07) is 15.7. The second-order valence-corrected chi connectivity index (χ2v) is 7.28. The molecule has 0 aliphatic heterocycles. The number of para-hydroxylation sites is 1. The van der Waals surface area contributed by atoms with Crippen molar-refractivity contribution in [3.63, 3.8) is 0 Å². The highest BCUT2D eigenvalue weighted by atomic mass is 35.5. The van der Waals surface area contributed by atoms with Crippen molar-refractivity contribution >= 4 is 28.8 Å².